The van der Waals surface area contributed by atoms with Crippen LogP contribution in [0.15, 0.2) is 12.5 Å². The van der Waals surface area contributed by atoms with Crippen molar-refractivity contribution in [3.05, 3.63) is 18.1 Å². The molecular weight excluding hydrogens is 194 g/mol. The molecule has 0 spiro atoms. The average molecular weight is 207 g/mol. The monoisotopic (exact) mass is 207 g/mol. The van der Waals surface area contributed by atoms with Crippen LogP contribution in [0, 0.1) is 0 Å². The van der Waals surface area contributed by atoms with Gasteiger partial charge in [0.25, 0.3) is 0 Å². The van der Waals surface area contributed by atoms with Crippen molar-refractivity contribution in [3.63, 3.8) is 0 Å². The number of hydrogen-bond acceptors (Lipinski definition) is 5. The van der Waals surface area contributed by atoms with E-state index in [0.29, 0.717) is 18.8 Å². The molecule has 1 aromatic rings. The second-order valence-electron chi connectivity index (χ2n) is 3.42. The Hall–Kier alpha value is -1.49. The Kier molecular flexibility index (Phi) is 2.91. The standard InChI is InChI=1S/C10H13N3O2/c1-8(14)9-6-11-7-12-10(9)13-2-4-15-5-3-13/h6-7H,2-5H2,1H3. The number of ketones is 1. The highest BCUT2D eigenvalue weighted by molar-refractivity contribution is 5.98. The first-order valence-electron chi connectivity index (χ1n) is 4.92. The highest BCUT2D eigenvalue weighted by Crippen LogP contribution is 2.17. The van der Waals surface area contributed by atoms with Gasteiger partial charge in [-0.1, -0.05) is 0 Å². The van der Waals surface area contributed by atoms with E-state index in [-0.39, 0.29) is 5.78 Å². The summed E-state index contributed by atoms with van der Waals surface area (Å²) in [6.45, 7) is 4.44. The zero-order valence-corrected chi connectivity index (χ0v) is 8.64. The third-order valence-electron chi connectivity index (χ3n) is 2.38. The summed E-state index contributed by atoms with van der Waals surface area (Å²) in [5.74, 6) is 0.720. The third-order valence-corrected chi connectivity index (χ3v) is 2.38. The Morgan fingerprint density at radius 1 is 1.47 bits per heavy atom. The molecule has 15 heavy (non-hydrogen) atoms. The molecule has 5 heteroatoms. The predicted octanol–water partition coefficient (Wildman–Crippen LogP) is 0.516. The molecule has 1 aliphatic rings. The van der Waals surface area contributed by atoms with E-state index in [9.17, 15) is 4.79 Å². The highest BCUT2D eigenvalue weighted by Gasteiger charge is 2.17. The number of nitrogens with zero attached hydrogens (tertiary/aromatic N) is 3. The lowest BCUT2D eigenvalue weighted by molar-refractivity contribution is 0.101. The van der Waals surface area contributed by atoms with Crippen LogP contribution in [0.1, 0.15) is 17.3 Å². The van der Waals surface area contributed by atoms with E-state index >= 15 is 0 Å². The first-order chi connectivity index (χ1) is 7.29. The minimum Gasteiger partial charge on any atom is -0.378 e. The summed E-state index contributed by atoms with van der Waals surface area (Å²) in [4.78, 5) is 21.5. The van der Waals surface area contributed by atoms with Gasteiger partial charge in [-0.05, 0) is 6.92 Å². The molecule has 0 atom stereocenters. The maximum atomic E-state index is 11.4. The van der Waals surface area contributed by atoms with E-state index in [1.54, 1.807) is 6.20 Å². The number of hydrogen-bond donors (Lipinski definition) is 0. The largest absolute Gasteiger partial charge is 0.378 e. The molecule has 5 nitrogen and oxygen atoms in total. The van der Waals surface area contributed by atoms with Gasteiger partial charge in [0, 0.05) is 19.3 Å². The Morgan fingerprint density at radius 2 is 2.20 bits per heavy atom. The zero-order chi connectivity index (χ0) is 10.7. The summed E-state index contributed by atoms with van der Waals surface area (Å²) in [6, 6.07) is 0. The Labute approximate surface area is 88.1 Å². The van der Waals surface area contributed by atoms with Gasteiger partial charge in [0.05, 0.1) is 18.8 Å². The van der Waals surface area contributed by atoms with E-state index in [1.165, 1.54) is 13.3 Å². The summed E-state index contributed by atoms with van der Waals surface area (Å²) in [5.41, 5.74) is 0.583. The van der Waals surface area contributed by atoms with Gasteiger partial charge >= 0.3 is 0 Å². The Bertz CT molecular complexity index is 361. The molecule has 80 valence electrons. The van der Waals surface area contributed by atoms with Crippen molar-refractivity contribution in [2.24, 2.45) is 0 Å². The molecule has 1 aromatic heterocycles. The van der Waals surface area contributed by atoms with E-state index in [0.717, 1.165) is 18.9 Å². The first-order valence-corrected chi connectivity index (χ1v) is 4.92. The average Bonchev–Trinajstić information content (AvgIpc) is 2.30. The van der Waals surface area contributed by atoms with Crippen molar-refractivity contribution in [3.8, 4) is 0 Å². The Morgan fingerprint density at radius 3 is 2.87 bits per heavy atom. The quantitative estimate of drug-likeness (QED) is 0.661. The molecule has 0 bridgehead atoms. The fourth-order valence-corrected chi connectivity index (χ4v) is 1.60. The SMILES string of the molecule is CC(=O)c1cncnc1N1CCOCC1. The van der Waals surface area contributed by atoms with Crippen molar-refractivity contribution in [2.45, 2.75) is 6.92 Å². The molecule has 0 aromatic carbocycles. The molecule has 1 aliphatic heterocycles. The van der Waals surface area contributed by atoms with Crippen LogP contribution < -0.4 is 4.90 Å². The number of carbonyl (C=O) groups is 1. The smallest absolute Gasteiger partial charge is 0.165 e. The lowest BCUT2D eigenvalue weighted by Gasteiger charge is -2.28. The molecule has 0 saturated carbocycles. The molecule has 2 rings (SSSR count). The van der Waals surface area contributed by atoms with Crippen molar-refractivity contribution >= 4 is 11.6 Å². The number of carbonyl (C=O) groups excluding carboxylic acids is 1. The van der Waals surface area contributed by atoms with Crippen LogP contribution >= 0.6 is 0 Å². The van der Waals surface area contributed by atoms with E-state index in [1.807, 2.05) is 0 Å². The minimum absolute atomic E-state index is 0.00269. The van der Waals surface area contributed by atoms with Crippen LogP contribution in [-0.4, -0.2) is 42.1 Å². The van der Waals surface area contributed by atoms with Crippen LogP contribution in [0.25, 0.3) is 0 Å². The lowest BCUT2D eigenvalue weighted by atomic mass is 10.2. The molecule has 0 unspecified atom stereocenters. The van der Waals surface area contributed by atoms with Gasteiger partial charge in [-0.25, -0.2) is 9.97 Å². The van der Waals surface area contributed by atoms with Crippen LogP contribution in [-0.2, 0) is 4.74 Å². The summed E-state index contributed by atoms with van der Waals surface area (Å²) in [5, 5.41) is 0. The van der Waals surface area contributed by atoms with Gasteiger partial charge in [0.15, 0.2) is 5.78 Å². The number of aromatic nitrogens is 2. The van der Waals surface area contributed by atoms with Gasteiger partial charge in [0.2, 0.25) is 0 Å². The minimum atomic E-state index is -0.00269. The van der Waals surface area contributed by atoms with Crippen molar-refractivity contribution < 1.29 is 9.53 Å². The van der Waals surface area contributed by atoms with E-state index in [2.05, 4.69) is 14.9 Å². The van der Waals surface area contributed by atoms with Gasteiger partial charge in [-0.15, -0.1) is 0 Å². The molecule has 2 heterocycles. The maximum absolute atomic E-state index is 11.4. The summed E-state index contributed by atoms with van der Waals surface area (Å²) in [7, 11) is 0. The number of rotatable bonds is 2. The molecule has 0 radical (unpaired) electrons. The zero-order valence-electron chi connectivity index (χ0n) is 8.64. The van der Waals surface area contributed by atoms with E-state index < -0.39 is 0 Å². The van der Waals surface area contributed by atoms with Gasteiger partial charge in [-0.3, -0.25) is 4.79 Å². The first kappa shape index (κ1) is 10.0. The van der Waals surface area contributed by atoms with Crippen LogP contribution in [0.4, 0.5) is 5.82 Å². The molecule has 1 saturated heterocycles. The van der Waals surface area contributed by atoms with E-state index in [4.69, 9.17) is 4.74 Å². The Balaban J connectivity index is 2.29. The molecule has 1 fully saturated rings. The number of ether oxygens (including phenoxy) is 1. The fraction of sp³-hybridized carbons (Fsp3) is 0.500. The second kappa shape index (κ2) is 4.35. The molecule has 0 amide bonds. The fourth-order valence-electron chi connectivity index (χ4n) is 1.60. The van der Waals surface area contributed by atoms with Gasteiger partial charge in [0.1, 0.15) is 12.1 Å². The number of Topliss-reactive ketones (excluding diaryl/α,β-unsaturated/α-hetero) is 1. The van der Waals surface area contributed by atoms with Crippen molar-refractivity contribution in [1.29, 1.82) is 0 Å². The summed E-state index contributed by atoms with van der Waals surface area (Å²) in [6.07, 6.45) is 3.04. The lowest BCUT2D eigenvalue weighted by Crippen LogP contribution is -2.37. The van der Waals surface area contributed by atoms with Crippen LogP contribution in [0.5, 0.6) is 0 Å². The number of morpholine rings is 1. The molecular formula is C10H13N3O2. The third kappa shape index (κ3) is 2.12. The van der Waals surface area contributed by atoms with Gasteiger partial charge in [-0.2, -0.15) is 0 Å². The van der Waals surface area contributed by atoms with Crippen LogP contribution in [0.3, 0.4) is 0 Å². The van der Waals surface area contributed by atoms with Crippen LogP contribution in [0.2, 0.25) is 0 Å². The molecule has 0 aliphatic carbocycles. The highest BCUT2D eigenvalue weighted by atomic mass is 16.5. The van der Waals surface area contributed by atoms with Crippen molar-refractivity contribution in [1.82, 2.24) is 9.97 Å². The summed E-state index contributed by atoms with van der Waals surface area (Å²) < 4.78 is 5.25. The van der Waals surface area contributed by atoms with Crippen molar-refractivity contribution in [2.75, 3.05) is 31.2 Å². The normalized spacial score (nSPS) is 16.5. The molecule has 0 N–H and O–H groups in total. The maximum Gasteiger partial charge on any atom is 0.165 e. The summed E-state index contributed by atoms with van der Waals surface area (Å²) >= 11 is 0. The van der Waals surface area contributed by atoms with Gasteiger partial charge < -0.3 is 9.64 Å². The topological polar surface area (TPSA) is 55.3 Å². The predicted molar refractivity (Wildman–Crippen MR) is 55.1 cm³/mol. The number of anilines is 1. The second-order valence-corrected chi connectivity index (χ2v) is 3.42.